The lowest BCUT2D eigenvalue weighted by Crippen LogP contribution is -2.41. The van der Waals surface area contributed by atoms with E-state index < -0.39 is 0 Å². The Morgan fingerprint density at radius 2 is 1.71 bits per heavy atom. The van der Waals surface area contributed by atoms with Gasteiger partial charge in [0, 0.05) is 25.2 Å². The molecule has 0 radical (unpaired) electrons. The Morgan fingerprint density at radius 3 is 2.43 bits per heavy atom. The first-order chi connectivity index (χ1) is 16.9. The topological polar surface area (TPSA) is 75.9 Å². The van der Waals surface area contributed by atoms with Crippen LogP contribution in [-0.2, 0) is 4.79 Å². The number of aryl methyl sites for hydroxylation is 3. The summed E-state index contributed by atoms with van der Waals surface area (Å²) in [6, 6.07) is 14.6. The van der Waals surface area contributed by atoms with Gasteiger partial charge in [-0.2, -0.15) is 0 Å². The molecule has 2 aromatic heterocycles. The van der Waals surface area contributed by atoms with Crippen LogP contribution in [0, 0.1) is 26.7 Å². The number of aromatic nitrogens is 4. The van der Waals surface area contributed by atoms with Crippen molar-refractivity contribution < 1.29 is 4.79 Å². The monoisotopic (exact) mass is 468 g/mol. The van der Waals surface area contributed by atoms with Gasteiger partial charge in [0.1, 0.15) is 12.1 Å². The molecule has 0 unspecified atom stereocenters. The summed E-state index contributed by atoms with van der Waals surface area (Å²) in [5.74, 6) is 1.03. The minimum atomic E-state index is -0.00441. The van der Waals surface area contributed by atoms with Crippen molar-refractivity contribution in [3.8, 4) is 5.69 Å². The van der Waals surface area contributed by atoms with Gasteiger partial charge < -0.3 is 10.2 Å². The van der Waals surface area contributed by atoms with Crippen molar-refractivity contribution in [1.82, 2.24) is 25.1 Å². The largest absolute Gasteiger partial charge is 0.356 e. The lowest BCUT2D eigenvalue weighted by atomic mass is 9.94. The van der Waals surface area contributed by atoms with Crippen LogP contribution in [0.3, 0.4) is 0 Å². The number of fused-ring (bicyclic) bond motifs is 1. The van der Waals surface area contributed by atoms with Gasteiger partial charge in [-0.25, -0.2) is 14.6 Å². The molecule has 35 heavy (non-hydrogen) atoms. The summed E-state index contributed by atoms with van der Waals surface area (Å²) >= 11 is 0. The van der Waals surface area contributed by atoms with Crippen LogP contribution >= 0.6 is 0 Å². The Morgan fingerprint density at radius 1 is 1.00 bits per heavy atom. The molecule has 7 nitrogen and oxygen atoms in total. The summed E-state index contributed by atoms with van der Waals surface area (Å²) in [6.45, 7) is 9.88. The van der Waals surface area contributed by atoms with Crippen molar-refractivity contribution >= 4 is 22.8 Å². The van der Waals surface area contributed by atoms with Crippen LogP contribution in [0.1, 0.15) is 48.1 Å². The summed E-state index contributed by atoms with van der Waals surface area (Å²) in [5, 5.41) is 8.83. The molecule has 0 aliphatic carbocycles. The first kappa shape index (κ1) is 23.0. The van der Waals surface area contributed by atoms with E-state index in [-0.39, 0.29) is 17.9 Å². The Balaban J connectivity index is 1.26. The van der Waals surface area contributed by atoms with Crippen LogP contribution < -0.4 is 10.2 Å². The third-order valence-electron chi connectivity index (χ3n) is 7.01. The highest BCUT2D eigenvalue weighted by Gasteiger charge is 2.28. The average Bonchev–Trinajstić information content (AvgIpc) is 3.29. The summed E-state index contributed by atoms with van der Waals surface area (Å²) in [6.07, 6.45) is 5.17. The fourth-order valence-electron chi connectivity index (χ4n) is 4.98. The molecule has 1 saturated heterocycles. The number of rotatable bonds is 5. The quantitative estimate of drug-likeness (QED) is 0.454. The number of piperidine rings is 1. The molecule has 7 heteroatoms. The van der Waals surface area contributed by atoms with E-state index in [4.69, 9.17) is 0 Å². The number of amides is 1. The molecule has 1 aliphatic heterocycles. The van der Waals surface area contributed by atoms with Crippen LogP contribution in [0.15, 0.2) is 55.0 Å². The predicted molar refractivity (Wildman–Crippen MR) is 139 cm³/mol. The van der Waals surface area contributed by atoms with Crippen LogP contribution in [0.5, 0.6) is 0 Å². The SMILES string of the molecule is Cc1ccc(-n2cc3c(N4CCC(C(=O)N[C@@H](C)c5ccc(C)cc5C)CC4)ncnc3n2)cc1. The Hall–Kier alpha value is -3.74. The van der Waals surface area contributed by atoms with Gasteiger partial charge in [-0.1, -0.05) is 41.5 Å². The molecule has 5 rings (SSSR count). The van der Waals surface area contributed by atoms with E-state index in [0.717, 1.165) is 42.8 Å². The molecule has 1 N–H and O–H groups in total. The number of benzene rings is 2. The fraction of sp³-hybridized carbons (Fsp3) is 0.357. The smallest absolute Gasteiger partial charge is 0.223 e. The highest BCUT2D eigenvalue weighted by molar-refractivity contribution is 5.87. The molecule has 3 heterocycles. The normalized spacial score (nSPS) is 15.4. The lowest BCUT2D eigenvalue weighted by Gasteiger charge is -2.33. The average molecular weight is 469 g/mol. The predicted octanol–water partition coefficient (Wildman–Crippen LogP) is 4.83. The number of hydrogen-bond donors (Lipinski definition) is 1. The van der Waals surface area contributed by atoms with Crippen LogP contribution in [0.25, 0.3) is 16.7 Å². The molecule has 1 aliphatic rings. The highest BCUT2D eigenvalue weighted by atomic mass is 16.1. The van der Waals surface area contributed by atoms with Crippen molar-refractivity contribution in [2.45, 2.75) is 46.6 Å². The van der Waals surface area contributed by atoms with E-state index >= 15 is 0 Å². The van der Waals surface area contributed by atoms with Crippen molar-refractivity contribution in [2.24, 2.45) is 5.92 Å². The van der Waals surface area contributed by atoms with Gasteiger partial charge in [-0.3, -0.25) is 4.79 Å². The van der Waals surface area contributed by atoms with Gasteiger partial charge in [-0.05, 0) is 63.8 Å². The Bertz CT molecular complexity index is 1350. The standard InChI is InChI=1S/C28H32N6O/c1-18-5-8-23(9-6-18)34-16-25-26(32-34)29-17-30-27(25)33-13-11-22(12-14-33)28(35)31-21(4)24-10-7-19(2)15-20(24)3/h5-10,15-17,21-22H,11-14H2,1-4H3,(H,31,35)/t21-/m0/s1. The molecule has 0 bridgehead atoms. The molecule has 1 atom stereocenters. The minimum Gasteiger partial charge on any atom is -0.356 e. The maximum atomic E-state index is 13.0. The van der Waals surface area contributed by atoms with Gasteiger partial charge in [0.15, 0.2) is 5.65 Å². The lowest BCUT2D eigenvalue weighted by molar-refractivity contribution is -0.126. The molecular weight excluding hydrogens is 436 g/mol. The summed E-state index contributed by atoms with van der Waals surface area (Å²) in [5.41, 5.74) is 6.51. The molecular formula is C28H32N6O. The first-order valence-corrected chi connectivity index (χ1v) is 12.3. The van der Waals surface area contributed by atoms with E-state index in [1.807, 2.05) is 10.9 Å². The third-order valence-corrected chi connectivity index (χ3v) is 7.01. The highest BCUT2D eigenvalue weighted by Crippen LogP contribution is 2.28. The fourth-order valence-corrected chi connectivity index (χ4v) is 4.98. The number of anilines is 1. The van der Waals surface area contributed by atoms with E-state index in [2.05, 4.69) is 95.4 Å². The molecule has 2 aromatic carbocycles. The second-order valence-corrected chi connectivity index (χ2v) is 9.70. The van der Waals surface area contributed by atoms with Gasteiger partial charge in [0.2, 0.25) is 5.91 Å². The zero-order valence-electron chi connectivity index (χ0n) is 20.8. The van der Waals surface area contributed by atoms with Crippen molar-refractivity contribution in [1.29, 1.82) is 0 Å². The van der Waals surface area contributed by atoms with Gasteiger partial charge in [0.25, 0.3) is 0 Å². The second kappa shape index (κ2) is 9.49. The van der Waals surface area contributed by atoms with Gasteiger partial charge in [-0.15, -0.1) is 5.10 Å². The first-order valence-electron chi connectivity index (χ1n) is 12.3. The Kier molecular flexibility index (Phi) is 6.24. The van der Waals surface area contributed by atoms with Crippen molar-refractivity contribution in [3.63, 3.8) is 0 Å². The van der Waals surface area contributed by atoms with Crippen LogP contribution in [0.2, 0.25) is 0 Å². The van der Waals surface area contributed by atoms with Gasteiger partial charge in [0.05, 0.1) is 17.1 Å². The molecule has 0 saturated carbocycles. The van der Waals surface area contributed by atoms with Crippen molar-refractivity contribution in [3.05, 3.63) is 77.2 Å². The summed E-state index contributed by atoms with van der Waals surface area (Å²) < 4.78 is 1.86. The van der Waals surface area contributed by atoms with Crippen LogP contribution in [0.4, 0.5) is 5.82 Å². The minimum absolute atomic E-state index is 0.00441. The summed E-state index contributed by atoms with van der Waals surface area (Å²) in [7, 11) is 0. The molecule has 1 fully saturated rings. The molecule has 180 valence electrons. The van der Waals surface area contributed by atoms with Crippen molar-refractivity contribution in [2.75, 3.05) is 18.0 Å². The molecule has 1 amide bonds. The maximum Gasteiger partial charge on any atom is 0.223 e. The van der Waals surface area contributed by atoms with E-state index in [9.17, 15) is 4.79 Å². The maximum absolute atomic E-state index is 13.0. The van der Waals surface area contributed by atoms with Gasteiger partial charge >= 0.3 is 0 Å². The van der Waals surface area contributed by atoms with E-state index in [1.54, 1.807) is 6.33 Å². The number of nitrogens with one attached hydrogen (secondary N) is 1. The number of nitrogens with zero attached hydrogens (tertiary/aromatic N) is 5. The zero-order chi connectivity index (χ0) is 24.5. The molecule has 0 spiro atoms. The van der Waals surface area contributed by atoms with E-state index in [0.29, 0.717) is 5.65 Å². The number of carbonyl (C=O) groups is 1. The zero-order valence-corrected chi connectivity index (χ0v) is 20.8. The van der Waals surface area contributed by atoms with Crippen LogP contribution in [-0.4, -0.2) is 38.7 Å². The summed E-state index contributed by atoms with van der Waals surface area (Å²) in [4.78, 5) is 24.3. The second-order valence-electron chi connectivity index (χ2n) is 9.70. The number of carbonyl (C=O) groups excluding carboxylic acids is 1. The van der Waals surface area contributed by atoms with E-state index in [1.165, 1.54) is 22.3 Å². The third kappa shape index (κ3) is 4.76. The Labute approximate surface area is 206 Å². The molecule has 4 aromatic rings. The number of hydrogen-bond acceptors (Lipinski definition) is 5.